The molecule has 0 fully saturated rings. The van der Waals surface area contributed by atoms with Crippen molar-refractivity contribution in [2.75, 3.05) is 0 Å². The second-order valence-electron chi connectivity index (χ2n) is 3.75. The van der Waals surface area contributed by atoms with Crippen LogP contribution in [0.4, 0.5) is 0 Å². The molecular formula is C11H13N3O2. The number of imidazole rings is 1. The van der Waals surface area contributed by atoms with Crippen molar-refractivity contribution in [1.29, 1.82) is 0 Å². The van der Waals surface area contributed by atoms with Gasteiger partial charge >= 0.3 is 5.97 Å². The third-order valence-electron chi connectivity index (χ3n) is 2.66. The largest absolute Gasteiger partial charge is 0.477 e. The zero-order valence-electron chi connectivity index (χ0n) is 9.48. The molecule has 2 rings (SSSR count). The second kappa shape index (κ2) is 3.59. The van der Waals surface area contributed by atoms with E-state index in [9.17, 15) is 4.79 Å². The lowest BCUT2D eigenvalue weighted by Crippen LogP contribution is -2.06. The highest BCUT2D eigenvalue weighted by atomic mass is 16.4. The summed E-state index contributed by atoms with van der Waals surface area (Å²) < 4.78 is 1.55. The standard InChI is InChI=1S/C11H13N3O2/c1-4-8-9(10(15)16)14-5-6(2)7(3)12-11(14)13-8/h5H,4H2,1-3H3,(H,15,16). The lowest BCUT2D eigenvalue weighted by Gasteiger charge is -2.01. The molecule has 2 heterocycles. The van der Waals surface area contributed by atoms with Crippen molar-refractivity contribution in [3.8, 4) is 0 Å². The number of rotatable bonds is 2. The molecule has 0 aliphatic carbocycles. The zero-order valence-corrected chi connectivity index (χ0v) is 9.48. The number of carboxylic acid groups (broad SMARTS) is 1. The molecule has 0 radical (unpaired) electrons. The van der Waals surface area contributed by atoms with Gasteiger partial charge in [0.2, 0.25) is 5.78 Å². The summed E-state index contributed by atoms with van der Waals surface area (Å²) in [5.41, 5.74) is 2.62. The Labute approximate surface area is 92.8 Å². The van der Waals surface area contributed by atoms with Crippen LogP contribution in [0.1, 0.15) is 34.4 Å². The molecule has 0 atom stereocenters. The number of aromatic nitrogens is 3. The fourth-order valence-electron chi connectivity index (χ4n) is 1.67. The van der Waals surface area contributed by atoms with Crippen molar-refractivity contribution in [2.24, 2.45) is 0 Å². The minimum atomic E-state index is -0.964. The van der Waals surface area contributed by atoms with Gasteiger partial charge in [-0.1, -0.05) is 6.92 Å². The van der Waals surface area contributed by atoms with E-state index in [1.54, 1.807) is 10.6 Å². The Bertz CT molecular complexity index is 572. The summed E-state index contributed by atoms with van der Waals surface area (Å²) in [4.78, 5) is 19.7. The number of hydrogen-bond acceptors (Lipinski definition) is 3. The normalized spacial score (nSPS) is 10.9. The second-order valence-corrected chi connectivity index (χ2v) is 3.75. The summed E-state index contributed by atoms with van der Waals surface area (Å²) in [6, 6.07) is 0. The van der Waals surface area contributed by atoms with Crippen molar-refractivity contribution < 1.29 is 9.90 Å². The summed E-state index contributed by atoms with van der Waals surface area (Å²) in [7, 11) is 0. The van der Waals surface area contributed by atoms with E-state index in [4.69, 9.17) is 5.11 Å². The van der Waals surface area contributed by atoms with Crippen LogP contribution in [-0.4, -0.2) is 25.4 Å². The summed E-state index contributed by atoms with van der Waals surface area (Å²) in [6.07, 6.45) is 2.36. The van der Waals surface area contributed by atoms with Crippen LogP contribution in [0.5, 0.6) is 0 Å². The first-order valence-electron chi connectivity index (χ1n) is 5.13. The van der Waals surface area contributed by atoms with E-state index >= 15 is 0 Å². The minimum Gasteiger partial charge on any atom is -0.477 e. The highest BCUT2D eigenvalue weighted by Crippen LogP contribution is 2.14. The van der Waals surface area contributed by atoms with Gasteiger partial charge in [0, 0.05) is 11.9 Å². The first-order valence-corrected chi connectivity index (χ1v) is 5.13. The monoisotopic (exact) mass is 219 g/mol. The number of fused-ring (bicyclic) bond motifs is 1. The Kier molecular flexibility index (Phi) is 2.38. The first kappa shape index (κ1) is 10.6. The molecule has 1 N–H and O–H groups in total. The van der Waals surface area contributed by atoms with E-state index in [0.29, 0.717) is 17.9 Å². The number of carbonyl (C=O) groups is 1. The highest BCUT2D eigenvalue weighted by Gasteiger charge is 2.18. The number of aromatic carboxylic acids is 1. The molecule has 0 spiro atoms. The maximum absolute atomic E-state index is 11.2. The molecule has 0 amide bonds. The first-order chi connectivity index (χ1) is 7.54. The lowest BCUT2D eigenvalue weighted by molar-refractivity contribution is 0.0688. The van der Waals surface area contributed by atoms with Crippen LogP contribution in [0, 0.1) is 13.8 Å². The zero-order chi connectivity index (χ0) is 11.9. The molecule has 16 heavy (non-hydrogen) atoms. The van der Waals surface area contributed by atoms with Gasteiger partial charge in [-0.15, -0.1) is 0 Å². The Morgan fingerprint density at radius 1 is 1.44 bits per heavy atom. The maximum atomic E-state index is 11.2. The van der Waals surface area contributed by atoms with E-state index in [-0.39, 0.29) is 5.69 Å². The Morgan fingerprint density at radius 2 is 2.12 bits per heavy atom. The minimum absolute atomic E-state index is 0.216. The SMILES string of the molecule is CCc1nc2nc(C)c(C)cn2c1C(=O)O. The maximum Gasteiger partial charge on any atom is 0.354 e. The van der Waals surface area contributed by atoms with Crippen LogP contribution in [0.15, 0.2) is 6.20 Å². The van der Waals surface area contributed by atoms with Crippen LogP contribution in [-0.2, 0) is 6.42 Å². The number of nitrogens with zero attached hydrogens (tertiary/aromatic N) is 3. The third-order valence-corrected chi connectivity index (χ3v) is 2.66. The molecule has 2 aromatic rings. The van der Waals surface area contributed by atoms with Crippen molar-refractivity contribution >= 4 is 11.7 Å². The topological polar surface area (TPSA) is 67.5 Å². The van der Waals surface area contributed by atoms with Crippen LogP contribution in [0.3, 0.4) is 0 Å². The quantitative estimate of drug-likeness (QED) is 0.833. The van der Waals surface area contributed by atoms with Crippen LogP contribution < -0.4 is 0 Å². The van der Waals surface area contributed by atoms with E-state index in [2.05, 4.69) is 9.97 Å². The van der Waals surface area contributed by atoms with Gasteiger partial charge in [0.25, 0.3) is 0 Å². The molecule has 0 bridgehead atoms. The molecular weight excluding hydrogens is 206 g/mol. The van der Waals surface area contributed by atoms with Crippen molar-refractivity contribution in [1.82, 2.24) is 14.4 Å². The summed E-state index contributed by atoms with van der Waals surface area (Å²) in [5, 5.41) is 9.16. The fourth-order valence-corrected chi connectivity index (χ4v) is 1.67. The van der Waals surface area contributed by atoms with Gasteiger partial charge in [-0.2, -0.15) is 0 Å². The van der Waals surface area contributed by atoms with E-state index in [0.717, 1.165) is 11.3 Å². The Morgan fingerprint density at radius 3 is 2.69 bits per heavy atom. The van der Waals surface area contributed by atoms with E-state index < -0.39 is 5.97 Å². The number of hydrogen-bond donors (Lipinski definition) is 1. The van der Waals surface area contributed by atoms with Gasteiger partial charge in [0.1, 0.15) is 0 Å². The molecule has 0 saturated heterocycles. The highest BCUT2D eigenvalue weighted by molar-refractivity contribution is 5.88. The van der Waals surface area contributed by atoms with Crippen molar-refractivity contribution in [2.45, 2.75) is 27.2 Å². The number of aryl methyl sites for hydroxylation is 3. The molecule has 5 heteroatoms. The average molecular weight is 219 g/mol. The summed E-state index contributed by atoms with van der Waals surface area (Å²) in [6.45, 7) is 5.67. The van der Waals surface area contributed by atoms with Gasteiger partial charge in [0.05, 0.1) is 5.69 Å². The van der Waals surface area contributed by atoms with E-state index in [1.807, 2.05) is 20.8 Å². The lowest BCUT2D eigenvalue weighted by atomic mass is 10.2. The Balaban J connectivity index is 2.84. The van der Waals surface area contributed by atoms with Gasteiger partial charge in [0.15, 0.2) is 5.69 Å². The van der Waals surface area contributed by atoms with Gasteiger partial charge < -0.3 is 5.11 Å². The molecule has 5 nitrogen and oxygen atoms in total. The predicted octanol–water partition coefficient (Wildman–Crippen LogP) is 1.61. The van der Waals surface area contributed by atoms with Crippen LogP contribution >= 0.6 is 0 Å². The van der Waals surface area contributed by atoms with Crippen molar-refractivity contribution in [3.63, 3.8) is 0 Å². The predicted molar refractivity (Wildman–Crippen MR) is 58.8 cm³/mol. The number of carboxylic acids is 1. The molecule has 2 aromatic heterocycles. The molecule has 0 saturated carbocycles. The van der Waals surface area contributed by atoms with Gasteiger partial charge in [-0.05, 0) is 25.8 Å². The Hall–Kier alpha value is -1.91. The summed E-state index contributed by atoms with van der Waals surface area (Å²) >= 11 is 0. The molecule has 0 aliphatic heterocycles. The molecule has 84 valence electrons. The average Bonchev–Trinajstić information content (AvgIpc) is 2.56. The van der Waals surface area contributed by atoms with Gasteiger partial charge in [-0.25, -0.2) is 14.8 Å². The molecule has 0 aliphatic rings. The van der Waals surface area contributed by atoms with E-state index in [1.165, 1.54) is 0 Å². The third kappa shape index (κ3) is 1.44. The fraction of sp³-hybridized carbons (Fsp3) is 0.364. The van der Waals surface area contributed by atoms with Crippen LogP contribution in [0.2, 0.25) is 0 Å². The molecule has 0 aromatic carbocycles. The molecule has 0 unspecified atom stereocenters. The van der Waals surface area contributed by atoms with Gasteiger partial charge in [-0.3, -0.25) is 4.40 Å². The smallest absolute Gasteiger partial charge is 0.354 e. The summed E-state index contributed by atoms with van der Waals surface area (Å²) in [5.74, 6) is -0.508. The van der Waals surface area contributed by atoms with Crippen molar-refractivity contribution in [3.05, 3.63) is 28.8 Å². The van der Waals surface area contributed by atoms with Crippen LogP contribution in [0.25, 0.3) is 5.78 Å².